The van der Waals surface area contributed by atoms with Crippen molar-refractivity contribution < 1.29 is 23.7 Å². The number of carbonyl (C=O) groups is 1. The number of aromatic nitrogens is 2. The minimum atomic E-state index is -0.343. The number of nitrogen functional groups attached to an aromatic ring is 1. The van der Waals surface area contributed by atoms with Crippen LogP contribution in [0.2, 0.25) is 0 Å². The van der Waals surface area contributed by atoms with Crippen LogP contribution in [0.25, 0.3) is 10.9 Å². The van der Waals surface area contributed by atoms with E-state index < -0.39 is 0 Å². The predicted molar refractivity (Wildman–Crippen MR) is 123 cm³/mol. The van der Waals surface area contributed by atoms with Crippen LogP contribution in [0.1, 0.15) is 19.3 Å². The van der Waals surface area contributed by atoms with Gasteiger partial charge in [-0.1, -0.05) is 0 Å². The highest BCUT2D eigenvalue weighted by Crippen LogP contribution is 2.42. The molecule has 2 N–H and O–H groups in total. The average molecular weight is 458 g/mol. The van der Waals surface area contributed by atoms with Gasteiger partial charge in [-0.25, -0.2) is 4.98 Å². The maximum atomic E-state index is 13.1. The first-order valence-corrected chi connectivity index (χ1v) is 11.4. The molecule has 5 rings (SSSR count). The monoisotopic (exact) mass is 457 g/mol. The molecule has 3 aliphatic rings. The van der Waals surface area contributed by atoms with Gasteiger partial charge in [0.25, 0.3) is 5.91 Å². The molecule has 1 spiro atoms. The topological polar surface area (TPSA) is 112 Å². The zero-order valence-electron chi connectivity index (χ0n) is 19.2. The summed E-state index contributed by atoms with van der Waals surface area (Å²) in [7, 11) is 3.17. The quantitative estimate of drug-likeness (QED) is 0.729. The van der Waals surface area contributed by atoms with Crippen LogP contribution in [0.15, 0.2) is 12.1 Å². The first-order valence-electron chi connectivity index (χ1n) is 11.4. The van der Waals surface area contributed by atoms with Gasteiger partial charge in [-0.05, 0) is 25.3 Å². The van der Waals surface area contributed by atoms with Crippen LogP contribution >= 0.6 is 0 Å². The molecule has 2 aromatic rings. The molecule has 10 nitrogen and oxygen atoms in total. The second kappa shape index (κ2) is 8.83. The van der Waals surface area contributed by atoms with Crippen LogP contribution in [-0.2, 0) is 14.3 Å². The van der Waals surface area contributed by atoms with E-state index in [-0.39, 0.29) is 17.4 Å². The number of methoxy groups -OCH3 is 2. The molecule has 4 heterocycles. The molecule has 1 aromatic carbocycles. The van der Waals surface area contributed by atoms with E-state index >= 15 is 0 Å². The maximum Gasteiger partial charge on any atom is 0.251 e. The third-order valence-corrected chi connectivity index (χ3v) is 7.13. The zero-order chi connectivity index (χ0) is 23.0. The van der Waals surface area contributed by atoms with E-state index in [0.29, 0.717) is 67.0 Å². The first-order chi connectivity index (χ1) is 16.0. The van der Waals surface area contributed by atoms with E-state index in [1.54, 1.807) is 26.4 Å². The molecule has 0 saturated carbocycles. The van der Waals surface area contributed by atoms with Crippen LogP contribution < -0.4 is 20.1 Å². The fourth-order valence-electron chi connectivity index (χ4n) is 5.04. The van der Waals surface area contributed by atoms with Crippen LogP contribution in [0.3, 0.4) is 0 Å². The number of benzene rings is 1. The SMILES string of the molecule is COc1cc2nc(N3CCN(C(=O)C4CC5(CCOCC5)CO4)CC3)nc(N)c2cc1OC. The number of rotatable bonds is 4. The standard InChI is InChI=1S/C23H31N5O5/c1-30-17-11-15-16(12-18(17)31-2)25-22(26-20(15)24)28-7-5-27(6-8-28)21(29)19-13-23(14-33-19)3-9-32-10-4-23/h11-12,19H,3-10,13-14H2,1-2H3,(H2,24,25,26). The average Bonchev–Trinajstić information content (AvgIpc) is 3.26. The molecule has 3 saturated heterocycles. The summed E-state index contributed by atoms with van der Waals surface area (Å²) in [6.07, 6.45) is 2.40. The molecule has 10 heteroatoms. The van der Waals surface area contributed by atoms with Crippen molar-refractivity contribution >= 4 is 28.6 Å². The highest BCUT2D eigenvalue weighted by molar-refractivity contribution is 5.91. The lowest BCUT2D eigenvalue weighted by Crippen LogP contribution is -2.52. The molecule has 0 aliphatic carbocycles. The number of nitrogens with two attached hydrogens (primary N) is 1. The Kier molecular flexibility index (Phi) is 5.88. The molecule has 1 atom stereocenters. The van der Waals surface area contributed by atoms with Crippen molar-refractivity contribution in [2.24, 2.45) is 5.41 Å². The van der Waals surface area contributed by atoms with Gasteiger partial charge < -0.3 is 34.5 Å². The van der Waals surface area contributed by atoms with Crippen molar-refractivity contribution in [2.45, 2.75) is 25.4 Å². The summed E-state index contributed by atoms with van der Waals surface area (Å²) < 4.78 is 22.2. The zero-order valence-corrected chi connectivity index (χ0v) is 19.2. The summed E-state index contributed by atoms with van der Waals surface area (Å²) in [5.41, 5.74) is 7.04. The lowest BCUT2D eigenvalue weighted by atomic mass is 9.78. The third kappa shape index (κ3) is 4.13. The lowest BCUT2D eigenvalue weighted by molar-refractivity contribution is -0.141. The molecule has 33 heavy (non-hydrogen) atoms. The Morgan fingerprint density at radius 1 is 1.09 bits per heavy atom. The van der Waals surface area contributed by atoms with Crippen molar-refractivity contribution in [3.05, 3.63) is 12.1 Å². The maximum absolute atomic E-state index is 13.1. The van der Waals surface area contributed by atoms with Crippen LogP contribution in [0, 0.1) is 5.41 Å². The van der Waals surface area contributed by atoms with Crippen LogP contribution in [0.4, 0.5) is 11.8 Å². The Hall–Kier alpha value is -2.85. The smallest absolute Gasteiger partial charge is 0.251 e. The number of nitrogens with zero attached hydrogens (tertiary/aromatic N) is 4. The van der Waals surface area contributed by atoms with Gasteiger partial charge >= 0.3 is 0 Å². The van der Waals surface area contributed by atoms with Crippen molar-refractivity contribution in [1.82, 2.24) is 14.9 Å². The van der Waals surface area contributed by atoms with Crippen molar-refractivity contribution in [1.29, 1.82) is 0 Å². The Balaban J connectivity index is 1.25. The highest BCUT2D eigenvalue weighted by atomic mass is 16.5. The van der Waals surface area contributed by atoms with Crippen LogP contribution in [0.5, 0.6) is 11.5 Å². The van der Waals surface area contributed by atoms with Crippen molar-refractivity contribution in [2.75, 3.05) is 70.9 Å². The third-order valence-electron chi connectivity index (χ3n) is 7.13. The Bertz CT molecular complexity index is 1030. The molecular weight excluding hydrogens is 426 g/mol. The minimum absolute atomic E-state index is 0.0915. The largest absolute Gasteiger partial charge is 0.493 e. The highest BCUT2D eigenvalue weighted by Gasteiger charge is 2.45. The fourth-order valence-corrected chi connectivity index (χ4v) is 5.04. The van der Waals surface area contributed by atoms with E-state index in [9.17, 15) is 4.79 Å². The van der Waals surface area contributed by atoms with E-state index in [4.69, 9.17) is 29.7 Å². The number of anilines is 2. The Labute approximate surface area is 192 Å². The van der Waals surface area contributed by atoms with Gasteiger partial charge in [0.15, 0.2) is 11.5 Å². The van der Waals surface area contributed by atoms with E-state index in [2.05, 4.69) is 9.88 Å². The fraction of sp³-hybridized carbons (Fsp3) is 0.609. The Morgan fingerprint density at radius 3 is 2.48 bits per heavy atom. The molecular formula is C23H31N5O5. The number of hydrogen-bond donors (Lipinski definition) is 1. The molecule has 1 aromatic heterocycles. The van der Waals surface area contributed by atoms with Gasteiger partial charge in [-0.3, -0.25) is 4.79 Å². The molecule has 3 fully saturated rings. The van der Waals surface area contributed by atoms with E-state index in [0.717, 1.165) is 32.5 Å². The summed E-state index contributed by atoms with van der Waals surface area (Å²) in [5, 5.41) is 0.714. The van der Waals surface area contributed by atoms with Gasteiger partial charge in [0.2, 0.25) is 5.95 Å². The molecule has 3 aliphatic heterocycles. The number of fused-ring (bicyclic) bond motifs is 1. The minimum Gasteiger partial charge on any atom is -0.493 e. The van der Waals surface area contributed by atoms with Gasteiger partial charge in [0, 0.05) is 56.3 Å². The lowest BCUT2D eigenvalue weighted by Gasteiger charge is -2.36. The molecule has 0 radical (unpaired) electrons. The van der Waals surface area contributed by atoms with Gasteiger partial charge in [-0.15, -0.1) is 0 Å². The van der Waals surface area contributed by atoms with Gasteiger partial charge in [0.1, 0.15) is 11.9 Å². The predicted octanol–water partition coefficient (Wildman–Crippen LogP) is 1.46. The summed E-state index contributed by atoms with van der Waals surface area (Å²) in [6, 6.07) is 3.59. The number of ether oxygens (including phenoxy) is 4. The normalized spacial score (nSPS) is 22.7. The summed E-state index contributed by atoms with van der Waals surface area (Å²) in [4.78, 5) is 26.3. The Morgan fingerprint density at radius 2 is 1.79 bits per heavy atom. The number of carbonyl (C=O) groups excluding carboxylic acids is 1. The van der Waals surface area contributed by atoms with Crippen molar-refractivity contribution in [3.8, 4) is 11.5 Å². The summed E-state index contributed by atoms with van der Waals surface area (Å²) in [5.74, 6) is 2.20. The number of piperazine rings is 1. The molecule has 178 valence electrons. The number of hydrogen-bond acceptors (Lipinski definition) is 9. The molecule has 1 unspecified atom stereocenters. The van der Waals surface area contributed by atoms with Crippen molar-refractivity contribution in [3.63, 3.8) is 0 Å². The summed E-state index contributed by atoms with van der Waals surface area (Å²) >= 11 is 0. The second-order valence-corrected chi connectivity index (χ2v) is 9.06. The van der Waals surface area contributed by atoms with Gasteiger partial charge in [-0.2, -0.15) is 4.98 Å². The number of amides is 1. The summed E-state index contributed by atoms with van der Waals surface area (Å²) in [6.45, 7) is 4.65. The first kappa shape index (κ1) is 22.0. The second-order valence-electron chi connectivity index (χ2n) is 9.06. The van der Waals surface area contributed by atoms with Gasteiger partial charge in [0.05, 0.1) is 26.3 Å². The van der Waals surface area contributed by atoms with E-state index in [1.807, 2.05) is 4.90 Å². The van der Waals surface area contributed by atoms with Crippen LogP contribution in [-0.4, -0.2) is 87.1 Å². The molecule has 0 bridgehead atoms. The molecule has 1 amide bonds. The van der Waals surface area contributed by atoms with E-state index in [1.165, 1.54) is 0 Å².